The number of hydrogen-bond donors (Lipinski definition) is 1. The van der Waals surface area contributed by atoms with E-state index in [2.05, 4.69) is 9.82 Å². The molecule has 2 aliphatic heterocycles. The van der Waals surface area contributed by atoms with Crippen molar-refractivity contribution in [1.29, 1.82) is 0 Å². The fraction of sp³-hybridized carbons (Fsp3) is 0.409. The second kappa shape index (κ2) is 8.16. The molecule has 1 fully saturated rings. The molecule has 0 saturated carbocycles. The summed E-state index contributed by atoms with van der Waals surface area (Å²) in [7, 11) is -3.71. The summed E-state index contributed by atoms with van der Waals surface area (Å²) in [6, 6.07) is 4.92. The SMILES string of the molecule is CC1=C(C)C(=O)n2nc([C@@H]3CCCCN3C(=O)c3ccc(F)cc3NS(C)(=O)=O)cc2C1. The van der Waals surface area contributed by atoms with E-state index in [0.29, 0.717) is 30.7 Å². The maximum Gasteiger partial charge on any atom is 0.274 e. The van der Waals surface area contributed by atoms with Gasteiger partial charge in [-0.25, -0.2) is 17.5 Å². The van der Waals surface area contributed by atoms with E-state index in [1.807, 2.05) is 13.0 Å². The molecule has 1 amide bonds. The van der Waals surface area contributed by atoms with Crippen LogP contribution in [0, 0.1) is 5.82 Å². The monoisotopic (exact) mass is 460 g/mol. The molecule has 2 aliphatic rings. The lowest BCUT2D eigenvalue weighted by Gasteiger charge is -2.35. The Morgan fingerprint density at radius 2 is 1.97 bits per heavy atom. The molecule has 1 atom stereocenters. The van der Waals surface area contributed by atoms with Crippen LogP contribution in [-0.4, -0.2) is 47.7 Å². The number of fused-ring (bicyclic) bond motifs is 1. The maximum atomic E-state index is 13.8. The van der Waals surface area contributed by atoms with Gasteiger partial charge < -0.3 is 4.90 Å². The quantitative estimate of drug-likeness (QED) is 0.755. The number of rotatable bonds is 4. The predicted octanol–water partition coefficient (Wildman–Crippen LogP) is 3.29. The number of amides is 1. The van der Waals surface area contributed by atoms with Gasteiger partial charge >= 0.3 is 0 Å². The molecule has 4 rings (SSSR count). The van der Waals surface area contributed by atoms with E-state index in [1.54, 1.807) is 11.8 Å². The van der Waals surface area contributed by atoms with Gasteiger partial charge in [0.05, 0.1) is 34.9 Å². The number of nitrogens with zero attached hydrogens (tertiary/aromatic N) is 3. The number of carbonyl (C=O) groups is 2. The van der Waals surface area contributed by atoms with Gasteiger partial charge in [0, 0.05) is 18.5 Å². The molecule has 8 nitrogen and oxygen atoms in total. The van der Waals surface area contributed by atoms with Crippen LogP contribution < -0.4 is 4.72 Å². The maximum absolute atomic E-state index is 13.8. The Balaban J connectivity index is 1.69. The molecular formula is C22H25FN4O4S. The zero-order valence-electron chi connectivity index (χ0n) is 18.2. The van der Waals surface area contributed by atoms with Crippen LogP contribution in [0.4, 0.5) is 10.1 Å². The first kappa shape index (κ1) is 22.2. The zero-order chi connectivity index (χ0) is 23.2. The molecular weight excluding hydrogens is 435 g/mol. The predicted molar refractivity (Wildman–Crippen MR) is 117 cm³/mol. The summed E-state index contributed by atoms with van der Waals surface area (Å²) in [6.45, 7) is 4.15. The molecule has 0 aliphatic carbocycles. The zero-order valence-corrected chi connectivity index (χ0v) is 19.0. The number of carbonyl (C=O) groups excluding carboxylic acids is 2. The topological polar surface area (TPSA) is 101 Å². The fourth-order valence-corrected chi connectivity index (χ4v) is 4.84. The Bertz CT molecular complexity index is 1250. The summed E-state index contributed by atoms with van der Waals surface area (Å²) in [5.41, 5.74) is 3.05. The number of hydrogen-bond acceptors (Lipinski definition) is 5. The largest absolute Gasteiger partial charge is 0.330 e. The molecule has 32 heavy (non-hydrogen) atoms. The van der Waals surface area contributed by atoms with E-state index in [4.69, 9.17) is 0 Å². The highest BCUT2D eigenvalue weighted by molar-refractivity contribution is 7.92. The van der Waals surface area contributed by atoms with Gasteiger partial charge in [-0.1, -0.05) is 5.57 Å². The minimum absolute atomic E-state index is 0.0668. The van der Waals surface area contributed by atoms with Crippen molar-refractivity contribution < 1.29 is 22.4 Å². The lowest BCUT2D eigenvalue weighted by atomic mass is 9.96. The number of piperidine rings is 1. The first-order valence-electron chi connectivity index (χ1n) is 10.4. The molecule has 3 heterocycles. The van der Waals surface area contributed by atoms with Crippen LogP contribution in [0.2, 0.25) is 0 Å². The number of anilines is 1. The highest BCUT2D eigenvalue weighted by Gasteiger charge is 2.34. The molecule has 0 unspecified atom stereocenters. The van der Waals surface area contributed by atoms with Gasteiger partial charge in [-0.05, 0) is 57.4 Å². The van der Waals surface area contributed by atoms with Gasteiger partial charge in [-0.15, -0.1) is 0 Å². The number of nitrogens with one attached hydrogen (secondary N) is 1. The molecule has 1 saturated heterocycles. The number of benzene rings is 1. The third-order valence-electron chi connectivity index (χ3n) is 6.01. The van der Waals surface area contributed by atoms with E-state index in [0.717, 1.165) is 42.5 Å². The van der Waals surface area contributed by atoms with Crippen LogP contribution in [0.5, 0.6) is 0 Å². The lowest BCUT2D eigenvalue weighted by Crippen LogP contribution is -2.39. The molecule has 10 heteroatoms. The third-order valence-corrected chi connectivity index (χ3v) is 6.60. The molecule has 1 aromatic carbocycles. The summed E-state index contributed by atoms with van der Waals surface area (Å²) in [4.78, 5) is 27.7. The summed E-state index contributed by atoms with van der Waals surface area (Å²) >= 11 is 0. The van der Waals surface area contributed by atoms with Gasteiger partial charge in [-0.3, -0.25) is 14.3 Å². The minimum atomic E-state index is -3.71. The minimum Gasteiger partial charge on any atom is -0.330 e. The molecule has 2 aromatic rings. The standard InChI is InChI=1S/C22H25FN4O4S/c1-13-10-16-12-19(24-27(16)21(28)14(13)2)20-6-4-5-9-26(20)22(29)17-8-7-15(23)11-18(17)25-32(3,30)31/h7-8,11-12,20,25H,4-6,9-10H2,1-3H3/t20-/m0/s1. The first-order chi connectivity index (χ1) is 15.0. The average molecular weight is 461 g/mol. The highest BCUT2D eigenvalue weighted by Crippen LogP contribution is 2.34. The Morgan fingerprint density at radius 1 is 1.22 bits per heavy atom. The number of likely N-dealkylation sites (tertiary alicyclic amines) is 1. The Hall–Kier alpha value is -3.01. The summed E-state index contributed by atoms with van der Waals surface area (Å²) in [5.74, 6) is -1.23. The number of aromatic nitrogens is 2. The molecule has 0 bridgehead atoms. The van der Waals surface area contributed by atoms with Gasteiger partial charge in [0.1, 0.15) is 5.82 Å². The Labute approximate surface area is 186 Å². The van der Waals surface area contributed by atoms with E-state index in [-0.39, 0.29) is 23.2 Å². The van der Waals surface area contributed by atoms with Crippen molar-refractivity contribution in [3.05, 3.63) is 58.2 Å². The summed E-state index contributed by atoms with van der Waals surface area (Å²) in [6.07, 6.45) is 3.90. The molecule has 170 valence electrons. The number of allylic oxidation sites excluding steroid dienone is 2. The van der Waals surface area contributed by atoms with E-state index < -0.39 is 21.7 Å². The smallest absolute Gasteiger partial charge is 0.274 e. The van der Waals surface area contributed by atoms with Crippen LogP contribution in [-0.2, 0) is 16.4 Å². The van der Waals surface area contributed by atoms with Crippen LogP contribution in [0.15, 0.2) is 35.4 Å². The molecule has 0 radical (unpaired) electrons. The van der Waals surface area contributed by atoms with Crippen LogP contribution in [0.1, 0.15) is 65.7 Å². The average Bonchev–Trinajstić information content (AvgIpc) is 3.14. The molecule has 1 aromatic heterocycles. The van der Waals surface area contributed by atoms with Gasteiger partial charge in [-0.2, -0.15) is 5.10 Å². The second-order valence-corrected chi connectivity index (χ2v) is 10.2. The van der Waals surface area contributed by atoms with Gasteiger partial charge in [0.15, 0.2) is 0 Å². The van der Waals surface area contributed by atoms with Crippen molar-refractivity contribution in [3.63, 3.8) is 0 Å². The van der Waals surface area contributed by atoms with E-state index >= 15 is 0 Å². The van der Waals surface area contributed by atoms with Crippen molar-refractivity contribution in [2.75, 3.05) is 17.5 Å². The van der Waals surface area contributed by atoms with Crippen LogP contribution >= 0.6 is 0 Å². The number of halogens is 1. The van der Waals surface area contributed by atoms with E-state index in [1.165, 1.54) is 10.7 Å². The van der Waals surface area contributed by atoms with Crippen molar-refractivity contribution in [2.45, 2.75) is 45.6 Å². The molecule has 1 N–H and O–H groups in total. The van der Waals surface area contributed by atoms with Crippen LogP contribution in [0.3, 0.4) is 0 Å². The van der Waals surface area contributed by atoms with Gasteiger partial charge in [0.2, 0.25) is 10.0 Å². The van der Waals surface area contributed by atoms with Crippen molar-refractivity contribution >= 4 is 27.5 Å². The normalized spacial score (nSPS) is 19.2. The lowest BCUT2D eigenvalue weighted by molar-refractivity contribution is 0.0606. The van der Waals surface area contributed by atoms with Gasteiger partial charge in [0.25, 0.3) is 11.8 Å². The van der Waals surface area contributed by atoms with Crippen molar-refractivity contribution in [2.24, 2.45) is 0 Å². The highest BCUT2D eigenvalue weighted by atomic mass is 32.2. The first-order valence-corrected chi connectivity index (χ1v) is 12.3. The Kier molecular flexibility index (Phi) is 5.66. The Morgan fingerprint density at radius 3 is 2.69 bits per heavy atom. The third kappa shape index (κ3) is 4.19. The summed E-state index contributed by atoms with van der Waals surface area (Å²) < 4.78 is 40.9. The summed E-state index contributed by atoms with van der Waals surface area (Å²) in [5, 5.41) is 4.53. The second-order valence-electron chi connectivity index (χ2n) is 8.43. The van der Waals surface area contributed by atoms with Crippen molar-refractivity contribution in [3.8, 4) is 0 Å². The number of sulfonamides is 1. The van der Waals surface area contributed by atoms with Crippen LogP contribution in [0.25, 0.3) is 0 Å². The fourth-order valence-electron chi connectivity index (χ4n) is 4.27. The molecule has 0 spiro atoms. The van der Waals surface area contributed by atoms with E-state index in [9.17, 15) is 22.4 Å². The van der Waals surface area contributed by atoms with Crippen molar-refractivity contribution in [1.82, 2.24) is 14.7 Å².